The summed E-state index contributed by atoms with van der Waals surface area (Å²) < 4.78 is 137. The van der Waals surface area contributed by atoms with Gasteiger partial charge < -0.3 is 4.18 Å². The van der Waals surface area contributed by atoms with Crippen LogP contribution in [0.1, 0.15) is 131 Å². The van der Waals surface area contributed by atoms with Crippen molar-refractivity contribution in [2.24, 2.45) is 0 Å². The number of rotatable bonds is 9. The first-order valence-corrected chi connectivity index (χ1v) is 18.8. The lowest BCUT2D eigenvalue weighted by molar-refractivity contribution is -0.0443. The second kappa shape index (κ2) is 12.7. The third-order valence-corrected chi connectivity index (χ3v) is 14.0. The average molecular weight is 668 g/mol. The van der Waals surface area contributed by atoms with Crippen LogP contribution in [-0.4, -0.2) is 36.0 Å². The highest BCUT2D eigenvalue weighted by Crippen LogP contribution is 2.57. The van der Waals surface area contributed by atoms with E-state index in [0.29, 0.717) is 36.8 Å². The Labute approximate surface area is 245 Å². The maximum Gasteiger partial charge on any atom is 0.512 e. The molecule has 3 aliphatic rings. The van der Waals surface area contributed by atoms with E-state index in [0.717, 1.165) is 76.2 Å². The average Bonchev–Trinajstić information content (AvgIpc) is 2.93. The Kier molecular flexibility index (Phi) is 10.2. The van der Waals surface area contributed by atoms with Gasteiger partial charge in [0.1, 0.15) is 5.75 Å². The highest BCUT2D eigenvalue weighted by atomic mass is 32.3. The molecule has 0 unspecified atom stereocenters. The number of nitrogens with one attached hydrogen (secondary N) is 1. The summed E-state index contributed by atoms with van der Waals surface area (Å²) in [5, 5.41) is 0. The third-order valence-electron chi connectivity index (χ3n) is 8.68. The van der Waals surface area contributed by atoms with Gasteiger partial charge in [0, 0.05) is 0 Å². The zero-order valence-corrected chi connectivity index (χ0v) is 25.5. The quantitative estimate of drug-likeness (QED) is 0.179. The van der Waals surface area contributed by atoms with Crippen LogP contribution in [0.4, 0.5) is 22.0 Å². The van der Waals surface area contributed by atoms with Crippen LogP contribution in [-0.2, 0) is 20.1 Å². The Balaban J connectivity index is 1.82. The van der Waals surface area contributed by atoms with Crippen LogP contribution in [0.2, 0.25) is 0 Å². The molecule has 0 heterocycles. The molecule has 3 aliphatic carbocycles. The summed E-state index contributed by atoms with van der Waals surface area (Å²) in [7, 11) is -19.7. The number of hydrogen-bond donors (Lipinski definition) is 3. The Morgan fingerprint density at radius 3 is 1.43 bits per heavy atom. The first-order chi connectivity index (χ1) is 19.5. The van der Waals surface area contributed by atoms with Crippen LogP contribution in [0.25, 0.3) is 0 Å². The third kappa shape index (κ3) is 7.03. The number of hydrogen-bond acceptors (Lipinski definition) is 7. The molecule has 0 spiro atoms. The van der Waals surface area contributed by atoms with E-state index in [1.807, 2.05) is 0 Å². The van der Waals surface area contributed by atoms with Gasteiger partial charge in [0.15, 0.2) is 0 Å². The standard InChI is InChI=1S/C26H38F5NO7S3/c27-25(28,29)40(33,34)32-41(35,36)26(30,31)42(37,38)39-24-22(19-12-6-2-7-13-19)16-21(18-10-4-1-5-11-18)17-23(24)20-14-8-3-9-15-20/h16-20,32,35-36H,1-15H2. The lowest BCUT2D eigenvalue weighted by atomic mass is 9.75. The molecule has 1 aromatic rings. The van der Waals surface area contributed by atoms with E-state index < -0.39 is 41.0 Å². The summed E-state index contributed by atoms with van der Waals surface area (Å²) in [6.45, 7) is 0. The maximum absolute atomic E-state index is 15.2. The largest absolute Gasteiger partial charge is 0.512 e. The van der Waals surface area contributed by atoms with Gasteiger partial charge in [-0.05, 0) is 83.7 Å². The fraction of sp³-hybridized carbons (Fsp3) is 0.769. The molecule has 8 nitrogen and oxygen atoms in total. The molecule has 242 valence electrons. The van der Waals surface area contributed by atoms with Crippen molar-refractivity contribution in [2.45, 2.75) is 124 Å². The second-order valence-electron chi connectivity index (χ2n) is 11.6. The van der Waals surface area contributed by atoms with Gasteiger partial charge in [-0.2, -0.15) is 30.4 Å². The van der Waals surface area contributed by atoms with E-state index in [1.165, 1.54) is 0 Å². The minimum atomic E-state index is -6.75. The summed E-state index contributed by atoms with van der Waals surface area (Å²) in [4.78, 5) is 0. The van der Waals surface area contributed by atoms with Crippen LogP contribution >= 0.6 is 10.8 Å². The van der Waals surface area contributed by atoms with Gasteiger partial charge in [-0.1, -0.05) is 74.0 Å². The molecule has 0 radical (unpaired) electrons. The van der Waals surface area contributed by atoms with Crippen molar-refractivity contribution in [1.82, 2.24) is 4.13 Å². The Hall–Kier alpha value is -1.20. The van der Waals surface area contributed by atoms with Crippen LogP contribution < -0.4 is 8.31 Å². The Morgan fingerprint density at radius 1 is 0.667 bits per heavy atom. The molecule has 3 saturated carbocycles. The van der Waals surface area contributed by atoms with E-state index in [1.54, 1.807) is 12.1 Å². The SMILES string of the molecule is O=S(=O)(NS(O)(O)C(F)(F)S(=O)(=O)Oc1c(C2CCCCC2)cc(C2CCCCC2)cc1C1CCCCC1)C(F)(F)F. The molecule has 4 rings (SSSR count). The van der Waals surface area contributed by atoms with Gasteiger partial charge >= 0.3 is 30.2 Å². The van der Waals surface area contributed by atoms with E-state index in [9.17, 15) is 39.1 Å². The fourth-order valence-electron chi connectivity index (χ4n) is 6.45. The van der Waals surface area contributed by atoms with E-state index in [2.05, 4.69) is 0 Å². The van der Waals surface area contributed by atoms with Crippen molar-refractivity contribution >= 4 is 30.9 Å². The van der Waals surface area contributed by atoms with Crippen molar-refractivity contribution in [3.63, 3.8) is 0 Å². The predicted molar refractivity (Wildman–Crippen MR) is 149 cm³/mol. The van der Waals surface area contributed by atoms with Crippen molar-refractivity contribution in [1.29, 1.82) is 0 Å². The van der Waals surface area contributed by atoms with E-state index in [-0.39, 0.29) is 27.6 Å². The molecule has 3 fully saturated rings. The molecule has 42 heavy (non-hydrogen) atoms. The van der Waals surface area contributed by atoms with Crippen LogP contribution in [0.15, 0.2) is 12.1 Å². The zero-order chi connectivity index (χ0) is 31.0. The maximum atomic E-state index is 15.2. The van der Waals surface area contributed by atoms with Crippen molar-refractivity contribution in [3.8, 4) is 5.75 Å². The molecular weight excluding hydrogens is 629 g/mol. The molecule has 0 bridgehead atoms. The molecule has 1 aromatic carbocycles. The summed E-state index contributed by atoms with van der Waals surface area (Å²) in [6.07, 6.45) is 12.7. The van der Waals surface area contributed by atoms with Gasteiger partial charge in [-0.3, -0.25) is 9.11 Å². The normalized spacial score (nSPS) is 21.8. The van der Waals surface area contributed by atoms with Crippen molar-refractivity contribution in [3.05, 3.63) is 28.8 Å². The monoisotopic (exact) mass is 667 g/mol. The molecule has 0 saturated heterocycles. The van der Waals surface area contributed by atoms with Gasteiger partial charge in [0.05, 0.1) is 0 Å². The van der Waals surface area contributed by atoms with Gasteiger partial charge in [0.25, 0.3) is 0 Å². The predicted octanol–water partition coefficient (Wildman–Crippen LogP) is 8.19. The summed E-state index contributed by atoms with van der Waals surface area (Å²) >= 11 is 0. The number of alkyl halides is 5. The molecule has 0 amide bonds. The number of halogens is 5. The first-order valence-electron chi connectivity index (χ1n) is 14.3. The minimum Gasteiger partial charge on any atom is -0.376 e. The van der Waals surface area contributed by atoms with Gasteiger partial charge in [-0.15, -0.1) is 0 Å². The molecule has 0 aromatic heterocycles. The highest BCUT2D eigenvalue weighted by molar-refractivity contribution is 8.34. The van der Waals surface area contributed by atoms with Crippen molar-refractivity contribution in [2.75, 3.05) is 0 Å². The van der Waals surface area contributed by atoms with Crippen LogP contribution in [0.5, 0.6) is 5.75 Å². The lowest BCUT2D eigenvalue weighted by Crippen LogP contribution is -2.48. The van der Waals surface area contributed by atoms with Gasteiger partial charge in [-0.25, -0.2) is 8.42 Å². The Bertz CT molecular complexity index is 1280. The second-order valence-corrected chi connectivity index (χ2v) is 17.2. The lowest BCUT2D eigenvalue weighted by Gasteiger charge is -2.38. The summed E-state index contributed by atoms with van der Waals surface area (Å²) in [5.41, 5.74) is -4.43. The molecule has 0 aliphatic heterocycles. The van der Waals surface area contributed by atoms with Crippen LogP contribution in [0.3, 0.4) is 0 Å². The minimum absolute atomic E-state index is 0.0453. The fourth-order valence-corrected chi connectivity index (χ4v) is 10.5. The van der Waals surface area contributed by atoms with Crippen LogP contribution in [0, 0.1) is 0 Å². The molecule has 0 atom stereocenters. The summed E-state index contributed by atoms with van der Waals surface area (Å²) in [5.74, 6) is -0.624. The van der Waals surface area contributed by atoms with E-state index in [4.69, 9.17) is 4.18 Å². The smallest absolute Gasteiger partial charge is 0.376 e. The highest BCUT2D eigenvalue weighted by Gasteiger charge is 2.63. The molecule has 16 heteroatoms. The van der Waals surface area contributed by atoms with E-state index >= 15 is 8.78 Å². The summed E-state index contributed by atoms with van der Waals surface area (Å²) in [6, 6.07) is 3.59. The topological polar surface area (TPSA) is 130 Å². The molecule has 3 N–H and O–H groups in total. The number of benzene rings is 1. The first kappa shape index (κ1) is 33.7. The molecular formula is C26H38F5NO7S3. The number of sulfonamides is 1. The zero-order valence-electron chi connectivity index (χ0n) is 23.0. The Morgan fingerprint density at radius 2 is 1.05 bits per heavy atom. The van der Waals surface area contributed by atoms with Gasteiger partial charge in [0.2, 0.25) is 0 Å². The van der Waals surface area contributed by atoms with Crippen molar-refractivity contribution < 1.29 is 52.1 Å².